The van der Waals surface area contributed by atoms with Crippen LogP contribution in [0.2, 0.25) is 0 Å². The minimum absolute atomic E-state index is 0.271. The van der Waals surface area contributed by atoms with E-state index in [1.54, 1.807) is 6.07 Å². The van der Waals surface area contributed by atoms with Crippen LogP contribution in [0.15, 0.2) is 65.4 Å². The lowest BCUT2D eigenvalue weighted by atomic mass is 10.1. The van der Waals surface area contributed by atoms with Gasteiger partial charge in [0.05, 0.1) is 11.3 Å². The van der Waals surface area contributed by atoms with Gasteiger partial charge in [0.25, 0.3) is 5.91 Å². The summed E-state index contributed by atoms with van der Waals surface area (Å²) in [6.07, 6.45) is 3.79. The molecule has 5 nitrogen and oxygen atoms in total. The van der Waals surface area contributed by atoms with Crippen molar-refractivity contribution in [2.75, 3.05) is 5.32 Å². The molecule has 0 fully saturated rings. The van der Waals surface area contributed by atoms with Crippen molar-refractivity contribution in [2.45, 2.75) is 13.8 Å². The highest BCUT2D eigenvalue weighted by Gasteiger charge is 2.12. The Morgan fingerprint density at radius 1 is 1.00 bits per heavy atom. The van der Waals surface area contributed by atoms with Crippen LogP contribution >= 0.6 is 28.1 Å². The molecule has 3 aromatic rings. The number of thiocarbonyl (C=S) groups is 1. The Labute approximate surface area is 171 Å². The van der Waals surface area contributed by atoms with E-state index in [2.05, 4.69) is 32.1 Å². The van der Waals surface area contributed by atoms with E-state index in [4.69, 9.17) is 12.2 Å². The van der Waals surface area contributed by atoms with E-state index >= 15 is 0 Å². The number of amides is 1. The van der Waals surface area contributed by atoms with E-state index in [-0.39, 0.29) is 5.91 Å². The molecule has 1 heterocycles. The van der Waals surface area contributed by atoms with Gasteiger partial charge in [0.15, 0.2) is 5.11 Å². The van der Waals surface area contributed by atoms with Gasteiger partial charge in [-0.1, -0.05) is 28.1 Å². The van der Waals surface area contributed by atoms with Crippen molar-refractivity contribution < 1.29 is 4.79 Å². The van der Waals surface area contributed by atoms with E-state index in [0.717, 1.165) is 27.0 Å². The fourth-order valence-corrected chi connectivity index (χ4v) is 3.66. The second kappa shape index (κ2) is 8.37. The lowest BCUT2D eigenvalue weighted by molar-refractivity contribution is 0.0944. The molecule has 7 heteroatoms. The number of halogens is 1. The number of para-hydroxylation sites is 1. The first kappa shape index (κ1) is 19.1. The van der Waals surface area contributed by atoms with E-state index in [0.29, 0.717) is 10.7 Å². The summed E-state index contributed by atoms with van der Waals surface area (Å²) in [6.45, 7) is 3.99. The number of hydrogen-bond acceptors (Lipinski definition) is 2. The van der Waals surface area contributed by atoms with Gasteiger partial charge in [-0.15, -0.1) is 0 Å². The average Bonchev–Trinajstić information content (AvgIpc) is 3.17. The zero-order chi connectivity index (χ0) is 19.4. The molecule has 0 saturated heterocycles. The zero-order valence-electron chi connectivity index (χ0n) is 14.9. The van der Waals surface area contributed by atoms with Crippen LogP contribution in [-0.2, 0) is 0 Å². The molecule has 2 aromatic carbocycles. The summed E-state index contributed by atoms with van der Waals surface area (Å²) in [7, 11) is 0. The number of hydrogen-bond donors (Lipinski definition) is 3. The normalized spacial score (nSPS) is 10.3. The predicted octanol–water partition coefficient (Wildman–Crippen LogP) is 4.49. The topological polar surface area (TPSA) is 58.1 Å². The van der Waals surface area contributed by atoms with Crippen LogP contribution < -0.4 is 16.2 Å². The smallest absolute Gasteiger partial charge is 0.271 e. The van der Waals surface area contributed by atoms with Crippen molar-refractivity contribution in [2.24, 2.45) is 0 Å². The maximum atomic E-state index is 12.6. The first-order valence-corrected chi connectivity index (χ1v) is 9.52. The summed E-state index contributed by atoms with van der Waals surface area (Å²) in [4.78, 5) is 12.6. The number of carbonyl (C=O) groups is 1. The lowest BCUT2D eigenvalue weighted by Crippen LogP contribution is -2.44. The van der Waals surface area contributed by atoms with Crippen LogP contribution in [0.4, 0.5) is 5.69 Å². The Morgan fingerprint density at radius 2 is 1.63 bits per heavy atom. The fourth-order valence-electron chi connectivity index (χ4n) is 2.82. The van der Waals surface area contributed by atoms with Gasteiger partial charge < -0.3 is 9.88 Å². The lowest BCUT2D eigenvalue weighted by Gasteiger charge is -2.16. The number of hydrazine groups is 1. The summed E-state index contributed by atoms with van der Waals surface area (Å²) >= 11 is 8.79. The van der Waals surface area contributed by atoms with Gasteiger partial charge in [-0.3, -0.25) is 15.6 Å². The Kier molecular flexibility index (Phi) is 5.93. The van der Waals surface area contributed by atoms with E-state index in [9.17, 15) is 4.79 Å². The molecule has 0 bridgehead atoms. The van der Waals surface area contributed by atoms with E-state index in [1.807, 2.05) is 73.3 Å². The van der Waals surface area contributed by atoms with Gasteiger partial charge in [-0.2, -0.15) is 0 Å². The third-order valence-electron chi connectivity index (χ3n) is 4.06. The van der Waals surface area contributed by atoms with Gasteiger partial charge in [0.1, 0.15) is 0 Å². The number of nitrogens with zero attached hydrogens (tertiary/aromatic N) is 1. The number of aromatic nitrogens is 1. The summed E-state index contributed by atoms with van der Waals surface area (Å²) in [5.74, 6) is -0.271. The van der Waals surface area contributed by atoms with Gasteiger partial charge in [0, 0.05) is 22.6 Å². The second-order valence-corrected chi connectivity index (χ2v) is 7.38. The van der Waals surface area contributed by atoms with Gasteiger partial charge in [0.2, 0.25) is 0 Å². The Morgan fingerprint density at radius 3 is 2.30 bits per heavy atom. The van der Waals surface area contributed by atoms with Gasteiger partial charge in [-0.25, -0.2) is 0 Å². The highest BCUT2D eigenvalue weighted by Crippen LogP contribution is 2.25. The fraction of sp³-hybridized carbons (Fsp3) is 0.100. The van der Waals surface area contributed by atoms with Crippen LogP contribution in [0.5, 0.6) is 0 Å². The minimum Gasteiger partial charge on any atom is -0.331 e. The molecule has 0 saturated carbocycles. The van der Waals surface area contributed by atoms with Crippen LogP contribution in [0, 0.1) is 13.8 Å². The van der Waals surface area contributed by atoms with Crippen LogP contribution in [0.3, 0.4) is 0 Å². The molecule has 138 valence electrons. The third-order valence-corrected chi connectivity index (χ3v) is 4.72. The van der Waals surface area contributed by atoms with Gasteiger partial charge >= 0.3 is 0 Å². The number of nitrogens with one attached hydrogen (secondary N) is 3. The third kappa shape index (κ3) is 4.56. The van der Waals surface area contributed by atoms with Crippen LogP contribution in [0.1, 0.15) is 21.5 Å². The van der Waals surface area contributed by atoms with Crippen molar-refractivity contribution >= 4 is 44.9 Å². The number of rotatable bonds is 3. The van der Waals surface area contributed by atoms with Crippen LogP contribution in [-0.4, -0.2) is 15.6 Å². The molecule has 0 aliphatic heterocycles. The van der Waals surface area contributed by atoms with Crippen LogP contribution in [0.25, 0.3) is 5.69 Å². The van der Waals surface area contributed by atoms with Crippen molar-refractivity contribution in [1.29, 1.82) is 0 Å². The van der Waals surface area contributed by atoms with Gasteiger partial charge in [-0.05, 0) is 73.6 Å². The predicted molar refractivity (Wildman–Crippen MR) is 116 cm³/mol. The molecule has 1 aromatic heterocycles. The Balaban J connectivity index is 1.68. The van der Waals surface area contributed by atoms with E-state index in [1.165, 1.54) is 0 Å². The zero-order valence-corrected chi connectivity index (χ0v) is 17.3. The molecular formula is C20H19BrN4OS. The number of carbonyl (C=O) groups excluding carboxylic acids is 1. The molecule has 1 amide bonds. The van der Waals surface area contributed by atoms with Crippen molar-refractivity contribution in [1.82, 2.24) is 15.4 Å². The molecule has 0 aliphatic rings. The largest absolute Gasteiger partial charge is 0.331 e. The summed E-state index contributed by atoms with van der Waals surface area (Å²) in [5.41, 5.74) is 9.78. The molecule has 0 aliphatic carbocycles. The highest BCUT2D eigenvalue weighted by molar-refractivity contribution is 9.10. The minimum atomic E-state index is -0.271. The van der Waals surface area contributed by atoms with Crippen molar-refractivity contribution in [3.8, 4) is 5.69 Å². The molecule has 0 radical (unpaired) electrons. The van der Waals surface area contributed by atoms with Crippen molar-refractivity contribution in [3.63, 3.8) is 0 Å². The maximum absolute atomic E-state index is 12.6. The second-order valence-electron chi connectivity index (χ2n) is 6.06. The molecule has 3 rings (SSSR count). The highest BCUT2D eigenvalue weighted by atomic mass is 79.9. The first-order chi connectivity index (χ1) is 13.0. The molecular weight excluding hydrogens is 424 g/mol. The number of benzene rings is 2. The molecule has 0 spiro atoms. The maximum Gasteiger partial charge on any atom is 0.271 e. The molecule has 0 unspecified atom stereocenters. The summed E-state index contributed by atoms with van der Waals surface area (Å²) in [5, 5.41) is 3.45. The SMILES string of the molecule is Cc1cc(Br)cc(C)c1NC(=S)NNC(=O)c1ccccc1-n1cccc1. The molecule has 0 atom stereocenters. The van der Waals surface area contributed by atoms with Crippen molar-refractivity contribution in [3.05, 3.63) is 82.1 Å². The van der Waals surface area contributed by atoms with E-state index < -0.39 is 0 Å². The summed E-state index contributed by atoms with van der Waals surface area (Å²) in [6, 6.07) is 15.2. The summed E-state index contributed by atoms with van der Waals surface area (Å²) < 4.78 is 2.90. The number of anilines is 1. The quantitative estimate of drug-likeness (QED) is 0.413. The monoisotopic (exact) mass is 442 g/mol. The standard InChI is InChI=1S/C20H19BrN4OS/c1-13-11-15(21)12-14(2)18(13)22-20(27)24-23-19(26)16-7-3-4-8-17(16)25-9-5-6-10-25/h3-12H,1-2H3,(H,23,26)(H2,22,24,27). The first-order valence-electron chi connectivity index (χ1n) is 8.32. The molecule has 3 N–H and O–H groups in total. The Hall–Kier alpha value is -2.64. The molecule has 27 heavy (non-hydrogen) atoms. The Bertz CT molecular complexity index is 962. The number of aryl methyl sites for hydroxylation is 2. The average molecular weight is 443 g/mol.